The van der Waals surface area contributed by atoms with Crippen LogP contribution in [-0.2, 0) is 0 Å². The van der Waals surface area contributed by atoms with Crippen LogP contribution in [0.4, 0.5) is 0 Å². The van der Waals surface area contributed by atoms with Gasteiger partial charge < -0.3 is 13.7 Å². The van der Waals surface area contributed by atoms with E-state index < -0.39 is 0 Å². The standard InChI is InChI=1S/C53H32N4S2/c1-4-14-33(15-5-1)50-31-48-52(58-50)53-49(56(48)36-18-8-3-9-19-36)32-51(59-53)34-25-26-45-39(28-34)41-30-46-40(37-20-10-11-23-43(37)55(46)35-16-6-2-7-17-35)29-47(41)57(45)44-24-12-22-42-38(44)21-13-27-54-42/h1-32H. The van der Waals surface area contributed by atoms with Crippen LogP contribution in [0, 0.1) is 0 Å². The molecule has 0 spiro atoms. The van der Waals surface area contributed by atoms with Crippen LogP contribution in [0.3, 0.4) is 0 Å². The summed E-state index contributed by atoms with van der Waals surface area (Å²) in [5, 5.41) is 6.05. The summed E-state index contributed by atoms with van der Waals surface area (Å²) in [6, 6.07) is 68.5. The van der Waals surface area contributed by atoms with Gasteiger partial charge in [-0.05, 0) is 102 Å². The first kappa shape index (κ1) is 32.8. The fraction of sp³-hybridized carbons (Fsp3) is 0. The average Bonchev–Trinajstić information content (AvgIpc) is 4.11. The lowest BCUT2D eigenvalue weighted by Crippen LogP contribution is -1.96. The number of hydrogen-bond donors (Lipinski definition) is 0. The monoisotopic (exact) mass is 788 g/mol. The quantitative estimate of drug-likeness (QED) is 0.171. The van der Waals surface area contributed by atoms with Gasteiger partial charge in [-0.25, -0.2) is 0 Å². The molecule has 6 heterocycles. The third-order valence-corrected chi connectivity index (χ3v) is 14.4. The lowest BCUT2D eigenvalue weighted by atomic mass is 10.1. The minimum Gasteiger partial charge on any atom is -0.309 e. The number of benzene rings is 7. The van der Waals surface area contributed by atoms with Gasteiger partial charge in [0.15, 0.2) is 0 Å². The highest BCUT2D eigenvalue weighted by atomic mass is 32.1. The molecule has 7 aromatic carbocycles. The number of aromatic nitrogens is 4. The van der Waals surface area contributed by atoms with Crippen LogP contribution < -0.4 is 0 Å². The molecule has 0 amide bonds. The maximum atomic E-state index is 4.76. The molecule has 0 saturated heterocycles. The topological polar surface area (TPSA) is 27.7 Å². The zero-order valence-electron chi connectivity index (χ0n) is 31.6. The zero-order chi connectivity index (χ0) is 38.6. The van der Waals surface area contributed by atoms with Gasteiger partial charge in [0.05, 0.1) is 53.7 Å². The van der Waals surface area contributed by atoms with Crippen molar-refractivity contribution in [2.75, 3.05) is 0 Å². The second-order valence-electron chi connectivity index (χ2n) is 15.2. The van der Waals surface area contributed by atoms with Crippen LogP contribution in [-0.4, -0.2) is 18.7 Å². The number of rotatable bonds is 5. The van der Waals surface area contributed by atoms with Gasteiger partial charge in [0.25, 0.3) is 0 Å². The van der Waals surface area contributed by atoms with Gasteiger partial charge in [0.2, 0.25) is 0 Å². The summed E-state index contributed by atoms with van der Waals surface area (Å²) in [7, 11) is 0. The minimum atomic E-state index is 0.984. The summed E-state index contributed by atoms with van der Waals surface area (Å²) in [5.41, 5.74) is 14.2. The lowest BCUT2D eigenvalue weighted by Gasteiger charge is -2.11. The molecule has 0 aliphatic carbocycles. The van der Waals surface area contributed by atoms with Crippen LogP contribution in [0.5, 0.6) is 0 Å². The Balaban J connectivity index is 1.10. The smallest absolute Gasteiger partial charge is 0.0723 e. The van der Waals surface area contributed by atoms with E-state index in [4.69, 9.17) is 4.98 Å². The van der Waals surface area contributed by atoms with E-state index in [9.17, 15) is 0 Å². The van der Waals surface area contributed by atoms with Crippen molar-refractivity contribution in [3.8, 4) is 37.9 Å². The SMILES string of the molecule is c1ccc(-c2cc3c(s2)c2sc(-c4ccc5c(c4)c4cc6c(cc4n5-c4cccc5ncccc45)c4ccccc4n6-c4ccccc4)cc2n3-c2ccccc2)cc1. The van der Waals surface area contributed by atoms with Gasteiger partial charge in [-0.15, -0.1) is 22.7 Å². The van der Waals surface area contributed by atoms with Gasteiger partial charge in [-0.1, -0.05) is 97.1 Å². The number of nitrogens with zero attached hydrogens (tertiary/aromatic N) is 4. The van der Waals surface area contributed by atoms with E-state index in [0.717, 1.165) is 22.3 Å². The molecule has 276 valence electrons. The molecule has 13 aromatic rings. The summed E-state index contributed by atoms with van der Waals surface area (Å²) in [5.74, 6) is 0. The molecule has 6 heteroatoms. The number of hydrogen-bond acceptors (Lipinski definition) is 3. The first-order valence-electron chi connectivity index (χ1n) is 19.9. The molecule has 0 aliphatic heterocycles. The van der Waals surface area contributed by atoms with Crippen molar-refractivity contribution < 1.29 is 0 Å². The van der Waals surface area contributed by atoms with Crippen molar-refractivity contribution in [1.29, 1.82) is 0 Å². The third kappa shape index (κ3) is 4.85. The molecule has 0 bridgehead atoms. The van der Waals surface area contributed by atoms with Crippen LogP contribution >= 0.6 is 22.7 Å². The van der Waals surface area contributed by atoms with Crippen molar-refractivity contribution in [2.45, 2.75) is 0 Å². The summed E-state index contributed by atoms with van der Waals surface area (Å²) in [6.45, 7) is 0. The molecule has 0 saturated carbocycles. The van der Waals surface area contributed by atoms with Gasteiger partial charge in [0, 0.05) is 54.3 Å². The highest BCUT2D eigenvalue weighted by Gasteiger charge is 2.23. The van der Waals surface area contributed by atoms with Gasteiger partial charge in [-0.2, -0.15) is 0 Å². The van der Waals surface area contributed by atoms with Crippen molar-refractivity contribution in [2.24, 2.45) is 0 Å². The largest absolute Gasteiger partial charge is 0.309 e. The van der Waals surface area contributed by atoms with Crippen molar-refractivity contribution in [3.63, 3.8) is 0 Å². The Labute approximate surface area is 346 Å². The van der Waals surface area contributed by atoms with E-state index in [1.807, 2.05) is 34.9 Å². The first-order valence-corrected chi connectivity index (χ1v) is 21.5. The third-order valence-electron chi connectivity index (χ3n) is 11.9. The normalized spacial score (nSPS) is 12.1. The number of para-hydroxylation sites is 3. The van der Waals surface area contributed by atoms with Crippen LogP contribution in [0.15, 0.2) is 194 Å². The van der Waals surface area contributed by atoms with E-state index in [1.54, 1.807) is 0 Å². The second-order valence-corrected chi connectivity index (χ2v) is 17.3. The molecule has 6 aromatic heterocycles. The van der Waals surface area contributed by atoms with Gasteiger partial charge in [0.1, 0.15) is 0 Å². The Bertz CT molecular complexity index is 3770. The Morgan fingerprint density at radius 1 is 0.339 bits per heavy atom. The van der Waals surface area contributed by atoms with Crippen molar-refractivity contribution >= 4 is 97.6 Å². The molecular weight excluding hydrogens is 757 g/mol. The molecule has 0 atom stereocenters. The number of pyridine rings is 1. The van der Waals surface area contributed by atoms with Crippen LogP contribution in [0.2, 0.25) is 0 Å². The second kappa shape index (κ2) is 12.6. The fourth-order valence-electron chi connectivity index (χ4n) is 9.32. The van der Waals surface area contributed by atoms with Crippen molar-refractivity contribution in [3.05, 3.63) is 194 Å². The molecular formula is C53H32N4S2. The van der Waals surface area contributed by atoms with Crippen LogP contribution in [0.1, 0.15) is 0 Å². The Hall–Kier alpha value is -7.25. The predicted molar refractivity (Wildman–Crippen MR) is 251 cm³/mol. The van der Waals surface area contributed by atoms with Gasteiger partial charge >= 0.3 is 0 Å². The molecule has 13 rings (SSSR count). The lowest BCUT2D eigenvalue weighted by molar-refractivity contribution is 1.18. The van der Waals surface area contributed by atoms with E-state index in [0.29, 0.717) is 0 Å². The fourth-order valence-corrected chi connectivity index (χ4v) is 11.8. The minimum absolute atomic E-state index is 0.984. The Morgan fingerprint density at radius 2 is 0.898 bits per heavy atom. The Kier molecular flexibility index (Phi) is 7.02. The Morgan fingerprint density at radius 3 is 1.63 bits per heavy atom. The summed E-state index contributed by atoms with van der Waals surface area (Å²) in [4.78, 5) is 7.31. The van der Waals surface area contributed by atoms with E-state index in [1.165, 1.54) is 90.6 Å². The van der Waals surface area contributed by atoms with Gasteiger partial charge in [-0.3, -0.25) is 4.98 Å². The molecule has 0 unspecified atom stereocenters. The van der Waals surface area contributed by atoms with E-state index in [-0.39, 0.29) is 0 Å². The average molecular weight is 789 g/mol. The highest BCUT2D eigenvalue weighted by Crippen LogP contribution is 2.48. The van der Waals surface area contributed by atoms with E-state index in [2.05, 4.69) is 196 Å². The molecule has 0 radical (unpaired) electrons. The first-order chi connectivity index (χ1) is 29.3. The summed E-state index contributed by atoms with van der Waals surface area (Å²) in [6.07, 6.45) is 1.88. The van der Waals surface area contributed by atoms with Crippen molar-refractivity contribution in [1.82, 2.24) is 18.7 Å². The van der Waals surface area contributed by atoms with E-state index >= 15 is 0 Å². The number of fused-ring (bicyclic) bond motifs is 10. The molecule has 0 aliphatic rings. The zero-order valence-corrected chi connectivity index (χ0v) is 33.2. The summed E-state index contributed by atoms with van der Waals surface area (Å²) >= 11 is 3.79. The molecule has 59 heavy (non-hydrogen) atoms. The maximum Gasteiger partial charge on any atom is 0.0723 e. The highest BCUT2D eigenvalue weighted by molar-refractivity contribution is 7.30. The molecule has 0 N–H and O–H groups in total. The molecule has 0 fully saturated rings. The predicted octanol–water partition coefficient (Wildman–Crippen LogP) is 15.0. The number of thiophene rings is 2. The maximum absolute atomic E-state index is 4.76. The summed E-state index contributed by atoms with van der Waals surface area (Å²) < 4.78 is 9.99. The van der Waals surface area contributed by atoms with Crippen LogP contribution in [0.25, 0.3) is 113 Å². The molecule has 4 nitrogen and oxygen atoms in total.